The van der Waals surface area contributed by atoms with Gasteiger partial charge in [-0.15, -0.1) is 11.3 Å². The Bertz CT molecular complexity index is 1130. The molecule has 3 rings (SSSR count). The second kappa shape index (κ2) is 12.8. The number of nitrogens with one attached hydrogen (secondary N) is 2. The summed E-state index contributed by atoms with van der Waals surface area (Å²) in [5, 5.41) is 7.80. The molecular formula is C26H30N4O4S. The van der Waals surface area contributed by atoms with Gasteiger partial charge in [0.25, 0.3) is 0 Å². The van der Waals surface area contributed by atoms with Gasteiger partial charge < -0.3 is 15.4 Å². The Balaban J connectivity index is 1.91. The Kier molecular flexibility index (Phi) is 9.51. The number of benzene rings is 2. The molecule has 8 nitrogen and oxygen atoms in total. The van der Waals surface area contributed by atoms with Crippen LogP contribution in [-0.2, 0) is 19.1 Å². The number of methoxy groups -OCH3 is 1. The molecule has 0 fully saturated rings. The first-order valence-corrected chi connectivity index (χ1v) is 12.2. The number of amides is 3. The van der Waals surface area contributed by atoms with Crippen LogP contribution in [0.3, 0.4) is 0 Å². The molecule has 0 radical (unpaired) electrons. The third-order valence-corrected chi connectivity index (χ3v) is 5.99. The maximum Gasteiger partial charge on any atom is 0.247 e. The van der Waals surface area contributed by atoms with E-state index in [9.17, 15) is 14.4 Å². The summed E-state index contributed by atoms with van der Waals surface area (Å²) in [7, 11) is 1.56. The average Bonchev–Trinajstić information content (AvgIpc) is 3.35. The van der Waals surface area contributed by atoms with Crippen molar-refractivity contribution in [1.82, 2.24) is 10.3 Å². The van der Waals surface area contributed by atoms with Gasteiger partial charge in [-0.25, -0.2) is 4.98 Å². The minimum Gasteiger partial charge on any atom is -0.383 e. The van der Waals surface area contributed by atoms with Crippen LogP contribution in [0.2, 0.25) is 0 Å². The summed E-state index contributed by atoms with van der Waals surface area (Å²) in [6.07, 6.45) is 1.49. The van der Waals surface area contributed by atoms with Gasteiger partial charge in [0.05, 0.1) is 6.61 Å². The Morgan fingerprint density at radius 3 is 2.49 bits per heavy atom. The van der Waals surface area contributed by atoms with E-state index < -0.39 is 6.04 Å². The fraction of sp³-hybridized carbons (Fsp3) is 0.308. The molecule has 35 heavy (non-hydrogen) atoms. The van der Waals surface area contributed by atoms with E-state index >= 15 is 0 Å². The van der Waals surface area contributed by atoms with E-state index in [-0.39, 0.29) is 30.6 Å². The quantitative estimate of drug-likeness (QED) is 0.392. The topological polar surface area (TPSA) is 101 Å². The van der Waals surface area contributed by atoms with Gasteiger partial charge in [0.2, 0.25) is 17.7 Å². The van der Waals surface area contributed by atoms with Crippen molar-refractivity contribution < 1.29 is 19.1 Å². The number of anilines is 2. The molecule has 3 aromatic rings. The summed E-state index contributed by atoms with van der Waals surface area (Å²) < 4.78 is 5.07. The van der Waals surface area contributed by atoms with Crippen molar-refractivity contribution in [2.75, 3.05) is 30.5 Å². The third kappa shape index (κ3) is 7.46. The SMILES string of the molecule is COCCNC(=O)[C@@H](c1ccc(C)cc1)N(C(=O)CCC(=O)Nc1nccs1)c1cccc(C)c1. The Morgan fingerprint density at radius 2 is 1.83 bits per heavy atom. The van der Waals surface area contributed by atoms with E-state index in [2.05, 4.69) is 15.6 Å². The van der Waals surface area contributed by atoms with Crippen LogP contribution in [0.15, 0.2) is 60.1 Å². The molecule has 1 atom stereocenters. The van der Waals surface area contributed by atoms with Crippen molar-refractivity contribution in [2.24, 2.45) is 0 Å². The lowest BCUT2D eigenvalue weighted by Crippen LogP contribution is -2.45. The lowest BCUT2D eigenvalue weighted by atomic mass is 10.0. The molecule has 2 aromatic carbocycles. The van der Waals surface area contributed by atoms with Gasteiger partial charge in [0.1, 0.15) is 6.04 Å². The summed E-state index contributed by atoms with van der Waals surface area (Å²) in [4.78, 5) is 44.9. The van der Waals surface area contributed by atoms with E-state index in [1.807, 2.05) is 56.3 Å². The molecule has 1 aromatic heterocycles. The van der Waals surface area contributed by atoms with Crippen molar-refractivity contribution in [3.05, 3.63) is 76.8 Å². The zero-order valence-electron chi connectivity index (χ0n) is 20.1. The van der Waals surface area contributed by atoms with E-state index in [4.69, 9.17) is 4.74 Å². The fourth-order valence-electron chi connectivity index (χ4n) is 3.56. The van der Waals surface area contributed by atoms with Crippen molar-refractivity contribution in [3.8, 4) is 0 Å². The zero-order valence-corrected chi connectivity index (χ0v) is 20.9. The number of hydrogen-bond donors (Lipinski definition) is 2. The monoisotopic (exact) mass is 494 g/mol. The Morgan fingerprint density at radius 1 is 1.06 bits per heavy atom. The molecule has 0 aliphatic carbocycles. The van der Waals surface area contributed by atoms with Gasteiger partial charge in [0.15, 0.2) is 5.13 Å². The number of rotatable bonds is 11. The third-order valence-electron chi connectivity index (χ3n) is 5.30. The molecule has 9 heteroatoms. The molecule has 0 aliphatic rings. The highest BCUT2D eigenvalue weighted by Gasteiger charge is 2.32. The molecule has 184 valence electrons. The number of aryl methyl sites for hydroxylation is 2. The summed E-state index contributed by atoms with van der Waals surface area (Å²) in [6, 6.07) is 14.0. The van der Waals surface area contributed by atoms with E-state index in [1.165, 1.54) is 16.2 Å². The van der Waals surface area contributed by atoms with Gasteiger partial charge in [-0.1, -0.05) is 42.0 Å². The van der Waals surface area contributed by atoms with Crippen LogP contribution in [0.25, 0.3) is 0 Å². The summed E-state index contributed by atoms with van der Waals surface area (Å²) in [6.45, 7) is 4.54. The molecule has 0 spiro atoms. The molecule has 0 aliphatic heterocycles. The molecule has 0 saturated carbocycles. The standard InChI is InChI=1S/C26H30N4O4S/c1-18-7-9-20(10-8-18)24(25(33)27-13-15-34-3)30(21-6-4-5-19(2)17-21)23(32)12-11-22(31)29-26-28-14-16-35-26/h4-10,14,16-17,24H,11-13,15H2,1-3H3,(H,27,33)(H,28,29,31)/t24-/m1/s1. The van der Waals surface area contributed by atoms with Gasteiger partial charge >= 0.3 is 0 Å². The number of ether oxygens (including phenoxy) is 1. The summed E-state index contributed by atoms with van der Waals surface area (Å²) in [5.41, 5.74) is 3.25. The van der Waals surface area contributed by atoms with Crippen molar-refractivity contribution in [3.63, 3.8) is 0 Å². The van der Waals surface area contributed by atoms with Crippen molar-refractivity contribution in [1.29, 1.82) is 0 Å². The second-order valence-corrected chi connectivity index (χ2v) is 8.98. The molecule has 0 unspecified atom stereocenters. The van der Waals surface area contributed by atoms with Crippen molar-refractivity contribution >= 4 is 39.9 Å². The van der Waals surface area contributed by atoms with Gasteiger partial charge in [-0.3, -0.25) is 19.3 Å². The number of aromatic nitrogens is 1. The predicted octanol–water partition coefficient (Wildman–Crippen LogP) is 4.02. The fourth-order valence-corrected chi connectivity index (χ4v) is 4.11. The Labute approximate surface area is 209 Å². The van der Waals surface area contributed by atoms with Crippen LogP contribution in [0.5, 0.6) is 0 Å². The molecule has 1 heterocycles. The lowest BCUT2D eigenvalue weighted by Gasteiger charge is -2.32. The first-order valence-electron chi connectivity index (χ1n) is 11.3. The molecule has 0 bridgehead atoms. The molecular weight excluding hydrogens is 464 g/mol. The van der Waals surface area contributed by atoms with E-state index in [0.717, 1.165) is 11.1 Å². The first kappa shape index (κ1) is 26.1. The smallest absolute Gasteiger partial charge is 0.247 e. The molecule has 0 saturated heterocycles. The Hall–Kier alpha value is -3.56. The van der Waals surface area contributed by atoms with Crippen LogP contribution >= 0.6 is 11.3 Å². The number of carbonyl (C=O) groups is 3. The van der Waals surface area contributed by atoms with Crippen LogP contribution in [-0.4, -0.2) is 43.0 Å². The normalized spacial score (nSPS) is 11.5. The molecule has 2 N–H and O–H groups in total. The van der Waals surface area contributed by atoms with E-state index in [1.54, 1.807) is 24.8 Å². The number of hydrogen-bond acceptors (Lipinski definition) is 6. The van der Waals surface area contributed by atoms with Crippen LogP contribution in [0.4, 0.5) is 10.8 Å². The average molecular weight is 495 g/mol. The minimum absolute atomic E-state index is 0.0351. The minimum atomic E-state index is -0.913. The van der Waals surface area contributed by atoms with Gasteiger partial charge in [-0.2, -0.15) is 0 Å². The largest absolute Gasteiger partial charge is 0.383 e. The predicted molar refractivity (Wildman–Crippen MR) is 137 cm³/mol. The highest BCUT2D eigenvalue weighted by atomic mass is 32.1. The summed E-state index contributed by atoms with van der Waals surface area (Å²) >= 11 is 1.31. The number of thiazole rings is 1. The van der Waals surface area contributed by atoms with Crippen LogP contribution < -0.4 is 15.5 Å². The van der Waals surface area contributed by atoms with Gasteiger partial charge in [-0.05, 0) is 37.1 Å². The first-order chi connectivity index (χ1) is 16.9. The highest BCUT2D eigenvalue weighted by Crippen LogP contribution is 2.30. The lowest BCUT2D eigenvalue weighted by molar-refractivity contribution is -0.127. The maximum absolute atomic E-state index is 13.6. The number of nitrogens with zero attached hydrogens (tertiary/aromatic N) is 2. The van der Waals surface area contributed by atoms with Gasteiger partial charge in [0, 0.05) is 43.8 Å². The van der Waals surface area contributed by atoms with Crippen LogP contribution in [0.1, 0.15) is 35.6 Å². The van der Waals surface area contributed by atoms with E-state index in [0.29, 0.717) is 29.5 Å². The van der Waals surface area contributed by atoms with Crippen molar-refractivity contribution in [2.45, 2.75) is 32.7 Å². The second-order valence-electron chi connectivity index (χ2n) is 8.09. The highest BCUT2D eigenvalue weighted by molar-refractivity contribution is 7.13. The van der Waals surface area contributed by atoms with Crippen LogP contribution in [0, 0.1) is 13.8 Å². The summed E-state index contributed by atoms with van der Waals surface area (Å²) in [5.74, 6) is -0.973. The molecule has 3 amide bonds. The zero-order chi connectivity index (χ0) is 25.2. The maximum atomic E-state index is 13.6. The number of carbonyl (C=O) groups excluding carboxylic acids is 3.